The van der Waals surface area contributed by atoms with E-state index in [4.69, 9.17) is 0 Å². The van der Waals surface area contributed by atoms with Crippen LogP contribution in [0.4, 0.5) is 4.39 Å². The zero-order valence-corrected chi connectivity index (χ0v) is 22.2. The Morgan fingerprint density at radius 2 is 1.89 bits per heavy atom. The van der Waals surface area contributed by atoms with Crippen LogP contribution in [0.5, 0.6) is 0 Å². The monoisotopic (exact) mass is 517 g/mol. The molecule has 1 aliphatic carbocycles. The summed E-state index contributed by atoms with van der Waals surface area (Å²) < 4.78 is 13.2. The van der Waals surface area contributed by atoms with Crippen molar-refractivity contribution in [3.63, 3.8) is 0 Å². The minimum atomic E-state index is -0.429. The van der Waals surface area contributed by atoms with Crippen molar-refractivity contribution in [2.45, 2.75) is 59.3 Å². The average molecular weight is 518 g/mol. The van der Waals surface area contributed by atoms with Gasteiger partial charge in [-0.3, -0.25) is 19.8 Å². The second-order valence-corrected chi connectivity index (χ2v) is 11.7. The van der Waals surface area contributed by atoms with E-state index in [0.717, 1.165) is 0 Å². The van der Waals surface area contributed by atoms with Crippen LogP contribution in [0.3, 0.4) is 0 Å². The number of Topliss-reactive ketones (excluding diaryl/α,β-unsaturated/α-hetero) is 1. The van der Waals surface area contributed by atoms with E-state index in [9.17, 15) is 18.8 Å². The van der Waals surface area contributed by atoms with Crippen molar-refractivity contribution in [3.05, 3.63) is 35.6 Å². The normalized spacial score (nSPS) is 25.4. The Balaban J connectivity index is 1.51. The predicted molar refractivity (Wildman–Crippen MR) is 138 cm³/mol. The first-order valence-corrected chi connectivity index (χ1v) is 13.8. The van der Waals surface area contributed by atoms with E-state index in [2.05, 4.69) is 48.4 Å². The van der Waals surface area contributed by atoms with Gasteiger partial charge < -0.3 is 15.1 Å². The molecule has 2 aliphatic heterocycles. The highest BCUT2D eigenvalue weighted by Gasteiger charge is 2.53. The quantitative estimate of drug-likeness (QED) is 0.514. The molecule has 3 aliphatic rings. The third kappa shape index (κ3) is 5.68. The molecule has 2 N–H and O–H groups in total. The third-order valence-electron chi connectivity index (χ3n) is 6.95. The predicted octanol–water partition coefficient (Wildman–Crippen LogP) is 3.26. The molecule has 0 spiro atoms. The molecule has 2 fully saturated rings. The highest BCUT2D eigenvalue weighted by atomic mass is 32.2. The minimum Gasteiger partial charge on any atom is -0.356 e. The van der Waals surface area contributed by atoms with Crippen LogP contribution in [-0.2, 0) is 9.59 Å². The minimum absolute atomic E-state index is 0.0422. The maximum absolute atomic E-state index is 13.5. The summed E-state index contributed by atoms with van der Waals surface area (Å²) in [6.45, 7) is 9.50. The number of ketones is 1. The molecular weight excluding hydrogens is 481 g/mol. The number of carbonyl (C=O) groups excluding carboxylic acids is 3. The molecule has 2 heterocycles. The lowest BCUT2D eigenvalue weighted by Crippen LogP contribution is -2.68. The number of amidine groups is 1. The van der Waals surface area contributed by atoms with Crippen LogP contribution < -0.4 is 10.7 Å². The van der Waals surface area contributed by atoms with Crippen LogP contribution in [0.1, 0.15) is 57.3 Å². The fraction of sp³-hybridized carbons (Fsp3) is 0.615. The van der Waals surface area contributed by atoms with Gasteiger partial charge in [0.1, 0.15) is 5.82 Å². The van der Waals surface area contributed by atoms with E-state index in [1.54, 1.807) is 0 Å². The van der Waals surface area contributed by atoms with Gasteiger partial charge in [0.25, 0.3) is 0 Å². The summed E-state index contributed by atoms with van der Waals surface area (Å²) in [6.07, 6.45) is 1.47. The highest BCUT2D eigenvalue weighted by molar-refractivity contribution is 8.14. The molecule has 4 rings (SSSR count). The molecule has 10 heteroatoms. The number of thioether (sulfide) groups is 1. The topological polar surface area (TPSA) is 94.1 Å². The first-order chi connectivity index (χ1) is 17.2. The molecule has 0 bridgehead atoms. The lowest BCUT2D eigenvalue weighted by atomic mass is 9.75. The third-order valence-corrected chi connectivity index (χ3v) is 7.91. The first-order valence-electron chi connectivity index (χ1n) is 12.8. The number of hydrogen-bond acceptors (Lipinski definition) is 7. The van der Waals surface area contributed by atoms with Gasteiger partial charge in [0.05, 0.1) is 11.7 Å². The summed E-state index contributed by atoms with van der Waals surface area (Å²) >= 11 is 1.31. The fourth-order valence-electron chi connectivity index (χ4n) is 5.18. The largest absolute Gasteiger partial charge is 0.356 e. The van der Waals surface area contributed by atoms with Gasteiger partial charge >= 0.3 is 0 Å². The van der Waals surface area contributed by atoms with E-state index in [1.165, 1.54) is 36.0 Å². The molecular formula is C26H36FN5O3S. The molecule has 36 heavy (non-hydrogen) atoms. The van der Waals surface area contributed by atoms with Crippen LogP contribution in [0.2, 0.25) is 0 Å². The molecule has 1 aromatic rings. The molecule has 1 saturated heterocycles. The maximum atomic E-state index is 13.5. The highest BCUT2D eigenvalue weighted by Crippen LogP contribution is 2.41. The van der Waals surface area contributed by atoms with Crippen LogP contribution in [0.15, 0.2) is 29.4 Å². The number of benzene rings is 1. The average Bonchev–Trinajstić information content (AvgIpc) is 3.27. The molecule has 4 atom stereocenters. The zero-order valence-electron chi connectivity index (χ0n) is 21.4. The Hall–Kier alpha value is -2.62. The molecule has 2 amide bonds. The maximum Gasteiger partial charge on any atom is 0.230 e. The van der Waals surface area contributed by atoms with Gasteiger partial charge in [-0.1, -0.05) is 39.5 Å². The summed E-state index contributed by atoms with van der Waals surface area (Å²) in [5, 5.41) is 8.22. The number of hydrazone groups is 1. The second-order valence-electron chi connectivity index (χ2n) is 10.7. The van der Waals surface area contributed by atoms with Crippen LogP contribution in [0.25, 0.3) is 0 Å². The number of halogens is 1. The van der Waals surface area contributed by atoms with Crippen LogP contribution >= 0.6 is 11.8 Å². The number of hydrogen-bond donors (Lipinski definition) is 2. The number of rotatable bonds is 8. The summed E-state index contributed by atoms with van der Waals surface area (Å²) in [5.74, 6) is 0.0530. The molecule has 1 aromatic carbocycles. The lowest BCUT2D eigenvalue weighted by Gasteiger charge is -2.51. The smallest absolute Gasteiger partial charge is 0.230 e. The van der Waals surface area contributed by atoms with E-state index >= 15 is 0 Å². The Morgan fingerprint density at radius 1 is 1.17 bits per heavy atom. The Morgan fingerprint density at radius 3 is 2.56 bits per heavy atom. The van der Waals surface area contributed by atoms with Gasteiger partial charge in [-0.15, -0.1) is 0 Å². The van der Waals surface area contributed by atoms with E-state index in [1.807, 2.05) is 4.90 Å². The van der Waals surface area contributed by atoms with Crippen LogP contribution in [0, 0.1) is 29.5 Å². The number of fused-ring (bicyclic) bond motifs is 3. The van der Waals surface area contributed by atoms with Gasteiger partial charge in [0.2, 0.25) is 11.8 Å². The van der Waals surface area contributed by atoms with E-state index in [0.29, 0.717) is 49.0 Å². The van der Waals surface area contributed by atoms with Gasteiger partial charge in [-0.05, 0) is 55.4 Å². The van der Waals surface area contributed by atoms with E-state index < -0.39 is 6.29 Å². The second kappa shape index (κ2) is 11.2. The Labute approximate surface area is 216 Å². The van der Waals surface area contributed by atoms with Crippen molar-refractivity contribution in [3.8, 4) is 0 Å². The first kappa shape index (κ1) is 26.4. The molecule has 0 radical (unpaired) electrons. The van der Waals surface area contributed by atoms with Crippen molar-refractivity contribution < 1.29 is 18.8 Å². The van der Waals surface area contributed by atoms with Gasteiger partial charge in [-0.25, -0.2) is 4.39 Å². The molecule has 4 unspecified atom stereocenters. The Kier molecular flexibility index (Phi) is 8.22. The van der Waals surface area contributed by atoms with Crippen molar-refractivity contribution in [1.82, 2.24) is 20.5 Å². The van der Waals surface area contributed by atoms with Crippen molar-refractivity contribution in [2.24, 2.45) is 28.8 Å². The van der Waals surface area contributed by atoms with Crippen molar-refractivity contribution >= 4 is 34.5 Å². The number of amides is 2. The molecule has 196 valence electrons. The molecule has 0 aromatic heterocycles. The SMILES string of the molecule is CC(C)CNC(=O)C1CCC2C(=O)N(CC(C)C)C3NN=C(SCC(=O)c4ccc(F)cc4)N3C2C1. The summed E-state index contributed by atoms with van der Waals surface area (Å²) in [5.41, 5.74) is 3.56. The molecule has 8 nitrogen and oxygen atoms in total. The van der Waals surface area contributed by atoms with Crippen LogP contribution in [-0.4, -0.2) is 63.7 Å². The summed E-state index contributed by atoms with van der Waals surface area (Å²) in [4.78, 5) is 43.1. The van der Waals surface area contributed by atoms with Crippen molar-refractivity contribution in [1.29, 1.82) is 0 Å². The van der Waals surface area contributed by atoms with Gasteiger partial charge in [0.15, 0.2) is 17.2 Å². The van der Waals surface area contributed by atoms with Gasteiger partial charge in [0, 0.05) is 30.6 Å². The summed E-state index contributed by atoms with van der Waals surface area (Å²) in [6, 6.07) is 5.35. The zero-order chi connectivity index (χ0) is 26.0. The van der Waals surface area contributed by atoms with E-state index in [-0.39, 0.29) is 53.0 Å². The van der Waals surface area contributed by atoms with Gasteiger partial charge in [-0.2, -0.15) is 5.10 Å². The summed E-state index contributed by atoms with van der Waals surface area (Å²) in [7, 11) is 0. The van der Waals surface area contributed by atoms with Crippen molar-refractivity contribution in [2.75, 3.05) is 18.8 Å². The molecule has 1 saturated carbocycles. The number of nitrogens with zero attached hydrogens (tertiary/aromatic N) is 3. The number of carbonyl (C=O) groups is 3. The fourth-order valence-corrected chi connectivity index (χ4v) is 6.11. The number of nitrogens with one attached hydrogen (secondary N) is 2. The Bertz CT molecular complexity index is 1020. The standard InChI is InChI=1S/C26H36FN5O3S/c1-15(2)12-28-23(34)18-7-10-20-21(11-18)32-25(31(24(20)35)13-16(3)4)29-30-26(32)36-14-22(33)17-5-8-19(27)9-6-17/h5-6,8-9,15-16,18,20-21,25,29H,7,10-14H2,1-4H3,(H,28,34). The lowest BCUT2D eigenvalue weighted by molar-refractivity contribution is -0.158.